The average molecular weight is 268 g/mol. The number of pyridine rings is 1. The molecule has 100 valence electrons. The summed E-state index contributed by atoms with van der Waals surface area (Å²) in [7, 11) is 0. The van der Waals surface area contributed by atoms with Gasteiger partial charge in [0, 0.05) is 24.5 Å². The van der Waals surface area contributed by atoms with Crippen LogP contribution in [0.15, 0.2) is 42.7 Å². The fraction of sp³-hybridized carbons (Fsp3) is 0.143. The van der Waals surface area contributed by atoms with E-state index in [-0.39, 0.29) is 17.3 Å². The summed E-state index contributed by atoms with van der Waals surface area (Å²) in [5.74, 6) is 0. The summed E-state index contributed by atoms with van der Waals surface area (Å²) in [4.78, 5) is 14.5. The van der Waals surface area contributed by atoms with E-state index in [0.29, 0.717) is 5.69 Å². The molecule has 1 atom stereocenters. The smallest absolute Gasteiger partial charge is 0.293 e. The molecule has 20 heavy (non-hydrogen) atoms. The van der Waals surface area contributed by atoms with Crippen LogP contribution < -0.4 is 5.32 Å². The van der Waals surface area contributed by atoms with Crippen molar-refractivity contribution in [1.29, 1.82) is 5.26 Å². The van der Waals surface area contributed by atoms with E-state index in [1.807, 2.05) is 25.1 Å². The van der Waals surface area contributed by atoms with Gasteiger partial charge >= 0.3 is 0 Å². The van der Waals surface area contributed by atoms with Crippen LogP contribution in [0.2, 0.25) is 0 Å². The molecule has 0 aliphatic heterocycles. The van der Waals surface area contributed by atoms with Crippen molar-refractivity contribution in [2.24, 2.45) is 0 Å². The molecule has 0 saturated heterocycles. The van der Waals surface area contributed by atoms with E-state index in [9.17, 15) is 10.1 Å². The Morgan fingerprint density at radius 2 is 2.05 bits per heavy atom. The molecular weight excluding hydrogens is 256 g/mol. The minimum absolute atomic E-state index is 0.107. The molecule has 0 aliphatic rings. The number of hydrogen-bond donors (Lipinski definition) is 1. The minimum atomic E-state index is -0.498. The van der Waals surface area contributed by atoms with E-state index in [0.717, 1.165) is 5.56 Å². The molecule has 6 heteroatoms. The molecule has 1 aromatic carbocycles. The van der Waals surface area contributed by atoms with E-state index in [1.165, 1.54) is 6.07 Å². The molecule has 0 radical (unpaired) electrons. The van der Waals surface area contributed by atoms with E-state index >= 15 is 0 Å². The summed E-state index contributed by atoms with van der Waals surface area (Å²) in [6, 6.07) is 9.83. The largest absolute Gasteiger partial charge is 0.373 e. The lowest BCUT2D eigenvalue weighted by atomic mass is 10.1. The van der Waals surface area contributed by atoms with E-state index in [1.54, 1.807) is 24.5 Å². The molecular formula is C14H12N4O2. The first-order chi connectivity index (χ1) is 9.61. The van der Waals surface area contributed by atoms with Crippen molar-refractivity contribution >= 4 is 11.4 Å². The molecule has 1 unspecified atom stereocenters. The van der Waals surface area contributed by atoms with Crippen molar-refractivity contribution in [2.75, 3.05) is 5.32 Å². The molecule has 6 nitrogen and oxygen atoms in total. The van der Waals surface area contributed by atoms with Gasteiger partial charge in [-0.25, -0.2) is 0 Å². The average Bonchev–Trinajstić information content (AvgIpc) is 2.48. The van der Waals surface area contributed by atoms with Crippen molar-refractivity contribution < 1.29 is 4.92 Å². The third-order valence-corrected chi connectivity index (χ3v) is 2.90. The summed E-state index contributed by atoms with van der Waals surface area (Å²) in [6.45, 7) is 1.90. The Morgan fingerprint density at radius 1 is 1.35 bits per heavy atom. The molecule has 0 fully saturated rings. The number of nitrogens with one attached hydrogen (secondary N) is 1. The number of nitro groups is 1. The predicted molar refractivity (Wildman–Crippen MR) is 74.1 cm³/mol. The summed E-state index contributed by atoms with van der Waals surface area (Å²) < 4.78 is 0. The first-order valence-electron chi connectivity index (χ1n) is 5.97. The lowest BCUT2D eigenvalue weighted by Gasteiger charge is -2.15. The van der Waals surface area contributed by atoms with Crippen LogP contribution in [0, 0.1) is 21.4 Å². The quantitative estimate of drug-likeness (QED) is 0.679. The predicted octanol–water partition coefficient (Wildman–Crippen LogP) is 3.03. The van der Waals surface area contributed by atoms with Gasteiger partial charge in [-0.15, -0.1) is 0 Å². The number of rotatable bonds is 4. The Morgan fingerprint density at radius 3 is 2.65 bits per heavy atom. The highest BCUT2D eigenvalue weighted by Gasteiger charge is 2.16. The Balaban J connectivity index is 2.30. The van der Waals surface area contributed by atoms with Gasteiger partial charge in [0.05, 0.1) is 16.6 Å². The van der Waals surface area contributed by atoms with Crippen LogP contribution in [0.1, 0.15) is 24.1 Å². The van der Waals surface area contributed by atoms with Crippen LogP contribution >= 0.6 is 0 Å². The fourth-order valence-corrected chi connectivity index (χ4v) is 1.84. The van der Waals surface area contributed by atoms with E-state index < -0.39 is 4.92 Å². The van der Waals surface area contributed by atoms with Crippen LogP contribution in [0.5, 0.6) is 0 Å². The van der Waals surface area contributed by atoms with Crippen molar-refractivity contribution in [3.63, 3.8) is 0 Å². The Labute approximate surface area is 115 Å². The molecule has 1 heterocycles. The van der Waals surface area contributed by atoms with Gasteiger partial charge < -0.3 is 5.32 Å². The molecule has 1 N–H and O–H groups in total. The summed E-state index contributed by atoms with van der Waals surface area (Å²) in [6.07, 6.45) is 3.33. The van der Waals surface area contributed by atoms with E-state index in [4.69, 9.17) is 5.26 Å². The summed E-state index contributed by atoms with van der Waals surface area (Å²) in [5, 5.41) is 22.9. The van der Waals surface area contributed by atoms with E-state index in [2.05, 4.69) is 10.3 Å². The van der Waals surface area contributed by atoms with Crippen LogP contribution in [0.4, 0.5) is 11.4 Å². The number of aromatic nitrogens is 1. The normalized spacial score (nSPS) is 11.4. The van der Waals surface area contributed by atoms with Crippen LogP contribution in [-0.4, -0.2) is 9.91 Å². The maximum absolute atomic E-state index is 11.1. The zero-order valence-electron chi connectivity index (χ0n) is 10.8. The third-order valence-electron chi connectivity index (χ3n) is 2.90. The number of nitriles is 1. The zero-order valence-corrected chi connectivity index (χ0v) is 10.8. The minimum Gasteiger partial charge on any atom is -0.373 e. The highest BCUT2D eigenvalue weighted by atomic mass is 16.6. The maximum Gasteiger partial charge on any atom is 0.293 e. The van der Waals surface area contributed by atoms with Crippen LogP contribution in [0.25, 0.3) is 0 Å². The monoisotopic (exact) mass is 268 g/mol. The van der Waals surface area contributed by atoms with Gasteiger partial charge in [0.25, 0.3) is 5.69 Å². The van der Waals surface area contributed by atoms with Crippen molar-refractivity contribution in [2.45, 2.75) is 13.0 Å². The molecule has 0 aliphatic carbocycles. The SMILES string of the molecule is CC(Nc1ccc(C#N)cc1[N+](=O)[O-])c1ccncc1. The second kappa shape index (κ2) is 5.80. The Kier molecular flexibility index (Phi) is 3.91. The molecule has 0 bridgehead atoms. The number of nitrogens with zero attached hydrogens (tertiary/aromatic N) is 3. The lowest BCUT2D eigenvalue weighted by Crippen LogP contribution is -2.08. The first kappa shape index (κ1) is 13.5. The van der Waals surface area contributed by atoms with Gasteiger partial charge in [0.1, 0.15) is 5.69 Å². The number of nitro benzene ring substituents is 1. The van der Waals surface area contributed by atoms with Crippen molar-refractivity contribution in [3.8, 4) is 6.07 Å². The second-order valence-corrected chi connectivity index (χ2v) is 4.25. The maximum atomic E-state index is 11.1. The van der Waals surface area contributed by atoms with Gasteiger partial charge in [-0.05, 0) is 36.8 Å². The lowest BCUT2D eigenvalue weighted by molar-refractivity contribution is -0.384. The molecule has 0 amide bonds. The highest BCUT2D eigenvalue weighted by molar-refractivity contribution is 5.64. The molecule has 2 aromatic rings. The topological polar surface area (TPSA) is 91.8 Å². The van der Waals surface area contributed by atoms with Gasteiger partial charge in [-0.2, -0.15) is 5.26 Å². The standard InChI is InChI=1S/C14H12N4O2/c1-10(12-4-6-16-7-5-12)17-13-3-2-11(9-15)8-14(13)18(19)20/h2-8,10,17H,1H3. The van der Waals surface area contributed by atoms with Gasteiger partial charge in [0.15, 0.2) is 0 Å². The van der Waals surface area contributed by atoms with Gasteiger partial charge in [0.2, 0.25) is 0 Å². The molecule has 0 saturated carbocycles. The van der Waals surface area contributed by atoms with Gasteiger partial charge in [-0.3, -0.25) is 15.1 Å². The molecule has 2 rings (SSSR count). The number of benzene rings is 1. The van der Waals surface area contributed by atoms with Crippen molar-refractivity contribution in [3.05, 3.63) is 64.0 Å². The third kappa shape index (κ3) is 2.90. The summed E-state index contributed by atoms with van der Waals surface area (Å²) >= 11 is 0. The molecule has 1 aromatic heterocycles. The highest BCUT2D eigenvalue weighted by Crippen LogP contribution is 2.28. The fourth-order valence-electron chi connectivity index (χ4n) is 1.84. The van der Waals surface area contributed by atoms with Crippen molar-refractivity contribution in [1.82, 2.24) is 4.98 Å². The van der Waals surface area contributed by atoms with Gasteiger partial charge in [-0.1, -0.05) is 0 Å². The zero-order chi connectivity index (χ0) is 14.5. The second-order valence-electron chi connectivity index (χ2n) is 4.25. The van der Waals surface area contributed by atoms with Crippen LogP contribution in [-0.2, 0) is 0 Å². The number of hydrogen-bond acceptors (Lipinski definition) is 5. The Hall–Kier alpha value is -2.94. The molecule has 0 spiro atoms. The summed E-state index contributed by atoms with van der Waals surface area (Å²) in [5.41, 5.74) is 1.51. The van der Waals surface area contributed by atoms with Crippen LogP contribution in [0.3, 0.4) is 0 Å². The first-order valence-corrected chi connectivity index (χ1v) is 5.97. The number of anilines is 1. The Bertz CT molecular complexity index is 665.